The second kappa shape index (κ2) is 6.83. The number of carbonyl (C=O) groups is 1. The highest BCUT2D eigenvalue weighted by atomic mass is 16.5. The number of aromatic amines is 1. The molecule has 134 valence electrons. The van der Waals surface area contributed by atoms with Crippen LogP contribution in [0, 0.1) is 6.92 Å². The number of piperidine rings is 1. The molecule has 2 aromatic carbocycles. The van der Waals surface area contributed by atoms with Gasteiger partial charge in [0.15, 0.2) is 0 Å². The van der Waals surface area contributed by atoms with Gasteiger partial charge < -0.3 is 14.6 Å². The second-order valence-electron chi connectivity index (χ2n) is 6.91. The highest BCUT2D eigenvalue weighted by Gasteiger charge is 2.27. The van der Waals surface area contributed by atoms with Crippen molar-refractivity contribution in [1.82, 2.24) is 14.9 Å². The zero-order chi connectivity index (χ0) is 18.1. The lowest BCUT2D eigenvalue weighted by molar-refractivity contribution is 0.0704. The Morgan fingerprint density at radius 3 is 2.92 bits per heavy atom. The lowest BCUT2D eigenvalue weighted by Crippen LogP contribution is -2.39. The van der Waals surface area contributed by atoms with Crippen molar-refractivity contribution < 1.29 is 9.53 Å². The maximum absolute atomic E-state index is 13.0. The van der Waals surface area contributed by atoms with Crippen LogP contribution in [0.4, 0.5) is 0 Å². The van der Waals surface area contributed by atoms with Gasteiger partial charge in [-0.1, -0.05) is 18.2 Å². The average Bonchev–Trinajstić information content (AvgIpc) is 3.12. The Morgan fingerprint density at radius 2 is 2.12 bits per heavy atom. The highest BCUT2D eigenvalue weighted by molar-refractivity contribution is 5.95. The third-order valence-electron chi connectivity index (χ3n) is 5.16. The fourth-order valence-corrected chi connectivity index (χ4v) is 3.69. The molecule has 5 nitrogen and oxygen atoms in total. The van der Waals surface area contributed by atoms with E-state index in [1.807, 2.05) is 54.3 Å². The topological polar surface area (TPSA) is 58.2 Å². The molecule has 1 saturated heterocycles. The third kappa shape index (κ3) is 3.05. The Kier molecular flexibility index (Phi) is 4.37. The molecule has 3 aromatic rings. The van der Waals surface area contributed by atoms with Gasteiger partial charge in [-0.2, -0.15) is 0 Å². The molecule has 0 aliphatic carbocycles. The number of methoxy groups -OCH3 is 1. The summed E-state index contributed by atoms with van der Waals surface area (Å²) in [5.74, 6) is 2.03. The Hall–Kier alpha value is -2.82. The number of fused-ring (bicyclic) bond motifs is 1. The number of ether oxygens (including phenoxy) is 1. The summed E-state index contributed by atoms with van der Waals surface area (Å²) in [4.78, 5) is 23.1. The zero-order valence-electron chi connectivity index (χ0n) is 15.2. The van der Waals surface area contributed by atoms with Crippen LogP contribution in [0.5, 0.6) is 5.75 Å². The van der Waals surface area contributed by atoms with Crippen molar-refractivity contribution >= 4 is 16.9 Å². The van der Waals surface area contributed by atoms with Crippen LogP contribution in [0.3, 0.4) is 0 Å². The van der Waals surface area contributed by atoms with Gasteiger partial charge in [0.25, 0.3) is 5.91 Å². The van der Waals surface area contributed by atoms with Gasteiger partial charge in [-0.15, -0.1) is 0 Å². The Morgan fingerprint density at radius 1 is 1.27 bits per heavy atom. The predicted molar refractivity (Wildman–Crippen MR) is 102 cm³/mol. The fourth-order valence-electron chi connectivity index (χ4n) is 3.69. The second-order valence-corrected chi connectivity index (χ2v) is 6.91. The molecule has 1 amide bonds. The first-order valence-electron chi connectivity index (χ1n) is 9.04. The molecule has 1 fully saturated rings. The van der Waals surface area contributed by atoms with Gasteiger partial charge in [0.2, 0.25) is 0 Å². The number of para-hydroxylation sites is 2. The predicted octanol–water partition coefficient (Wildman–Crippen LogP) is 3.90. The van der Waals surface area contributed by atoms with Gasteiger partial charge in [0.05, 0.1) is 18.1 Å². The number of H-pyrrole nitrogens is 1. The normalized spacial score (nSPS) is 17.5. The molecule has 1 N–H and O–H groups in total. The molecule has 1 aliphatic heterocycles. The van der Waals surface area contributed by atoms with Gasteiger partial charge >= 0.3 is 0 Å². The van der Waals surface area contributed by atoms with E-state index in [1.165, 1.54) is 0 Å². The van der Waals surface area contributed by atoms with Gasteiger partial charge in [0.1, 0.15) is 11.6 Å². The maximum Gasteiger partial charge on any atom is 0.254 e. The summed E-state index contributed by atoms with van der Waals surface area (Å²) in [5, 5.41) is 0. The SMILES string of the molecule is COc1cc(C(=O)N2CCC[C@H](c3nc4ccccc4[nH]3)C2)ccc1C. The highest BCUT2D eigenvalue weighted by Crippen LogP contribution is 2.28. The number of hydrogen-bond donors (Lipinski definition) is 1. The summed E-state index contributed by atoms with van der Waals surface area (Å²) in [6, 6.07) is 13.7. The van der Waals surface area contributed by atoms with Crippen LogP contribution < -0.4 is 4.74 Å². The van der Waals surface area contributed by atoms with E-state index in [0.717, 1.165) is 47.6 Å². The molecule has 26 heavy (non-hydrogen) atoms. The average molecular weight is 349 g/mol. The molecule has 1 atom stereocenters. The molecule has 0 radical (unpaired) electrons. The number of rotatable bonds is 3. The number of benzene rings is 2. The van der Waals surface area contributed by atoms with Crippen molar-refractivity contribution in [2.75, 3.05) is 20.2 Å². The summed E-state index contributed by atoms with van der Waals surface area (Å²) in [6.07, 6.45) is 2.03. The van der Waals surface area contributed by atoms with E-state index >= 15 is 0 Å². The number of aryl methyl sites for hydroxylation is 1. The molecule has 4 rings (SSSR count). The Labute approximate surface area is 153 Å². The first kappa shape index (κ1) is 16.6. The van der Waals surface area contributed by atoms with Gasteiger partial charge in [0, 0.05) is 24.6 Å². The summed E-state index contributed by atoms with van der Waals surface area (Å²) < 4.78 is 5.36. The minimum Gasteiger partial charge on any atom is -0.496 e. The molecular formula is C21H23N3O2. The molecular weight excluding hydrogens is 326 g/mol. The quantitative estimate of drug-likeness (QED) is 0.780. The summed E-state index contributed by atoms with van der Waals surface area (Å²) in [5.41, 5.74) is 3.74. The van der Waals surface area contributed by atoms with Crippen LogP contribution >= 0.6 is 0 Å². The molecule has 1 aromatic heterocycles. The first-order chi connectivity index (χ1) is 12.7. The smallest absolute Gasteiger partial charge is 0.254 e. The van der Waals surface area contributed by atoms with Crippen molar-refractivity contribution in [3.8, 4) is 5.75 Å². The Balaban J connectivity index is 1.55. The molecule has 0 spiro atoms. The summed E-state index contributed by atoms with van der Waals surface area (Å²) in [7, 11) is 1.63. The van der Waals surface area contributed by atoms with Crippen molar-refractivity contribution in [2.45, 2.75) is 25.7 Å². The molecule has 2 heterocycles. The molecule has 5 heteroatoms. The maximum atomic E-state index is 13.0. The van der Waals surface area contributed by atoms with E-state index in [0.29, 0.717) is 12.1 Å². The number of aromatic nitrogens is 2. The largest absolute Gasteiger partial charge is 0.496 e. The van der Waals surface area contributed by atoms with E-state index in [4.69, 9.17) is 9.72 Å². The van der Waals surface area contributed by atoms with Gasteiger partial charge in [-0.05, 0) is 49.6 Å². The number of carbonyl (C=O) groups excluding carboxylic acids is 1. The minimum atomic E-state index is 0.0594. The van der Waals surface area contributed by atoms with Crippen LogP contribution in [0.2, 0.25) is 0 Å². The molecule has 1 aliphatic rings. The van der Waals surface area contributed by atoms with Crippen LogP contribution in [-0.2, 0) is 0 Å². The first-order valence-corrected chi connectivity index (χ1v) is 9.04. The van der Waals surface area contributed by atoms with E-state index in [2.05, 4.69) is 4.98 Å². The number of nitrogens with zero attached hydrogens (tertiary/aromatic N) is 2. The van der Waals surface area contributed by atoms with Crippen LogP contribution in [0.1, 0.15) is 40.5 Å². The molecule has 0 bridgehead atoms. The number of nitrogens with one attached hydrogen (secondary N) is 1. The monoisotopic (exact) mass is 349 g/mol. The van der Waals surface area contributed by atoms with Crippen LogP contribution in [0.25, 0.3) is 11.0 Å². The molecule has 0 unspecified atom stereocenters. The summed E-state index contributed by atoms with van der Waals surface area (Å²) in [6.45, 7) is 3.45. The lowest BCUT2D eigenvalue weighted by atomic mass is 9.96. The number of likely N-dealkylation sites (tertiary alicyclic amines) is 1. The van der Waals surface area contributed by atoms with E-state index in [9.17, 15) is 4.79 Å². The lowest BCUT2D eigenvalue weighted by Gasteiger charge is -2.32. The zero-order valence-corrected chi connectivity index (χ0v) is 15.2. The fraction of sp³-hybridized carbons (Fsp3) is 0.333. The number of hydrogen-bond acceptors (Lipinski definition) is 3. The van der Waals surface area contributed by atoms with Crippen LogP contribution in [0.15, 0.2) is 42.5 Å². The standard InChI is InChI=1S/C21H23N3O2/c1-14-9-10-15(12-19(14)26-2)21(25)24-11-5-6-16(13-24)20-22-17-7-3-4-8-18(17)23-20/h3-4,7-10,12,16H,5-6,11,13H2,1-2H3,(H,22,23)/t16-/m0/s1. The number of amides is 1. The van der Waals surface area contributed by atoms with Crippen LogP contribution in [-0.4, -0.2) is 41.0 Å². The van der Waals surface area contributed by atoms with Crippen molar-refractivity contribution in [2.24, 2.45) is 0 Å². The summed E-state index contributed by atoms with van der Waals surface area (Å²) >= 11 is 0. The Bertz CT molecular complexity index is 914. The van der Waals surface area contributed by atoms with Crippen molar-refractivity contribution in [3.63, 3.8) is 0 Å². The third-order valence-corrected chi connectivity index (χ3v) is 5.16. The van der Waals surface area contributed by atoms with E-state index in [1.54, 1.807) is 7.11 Å². The number of imidazole rings is 1. The van der Waals surface area contributed by atoms with E-state index < -0.39 is 0 Å². The minimum absolute atomic E-state index is 0.0594. The van der Waals surface area contributed by atoms with Crippen molar-refractivity contribution in [3.05, 3.63) is 59.4 Å². The van der Waals surface area contributed by atoms with Gasteiger partial charge in [-0.25, -0.2) is 4.98 Å². The van der Waals surface area contributed by atoms with Gasteiger partial charge in [-0.3, -0.25) is 4.79 Å². The van der Waals surface area contributed by atoms with Crippen molar-refractivity contribution in [1.29, 1.82) is 0 Å². The molecule has 0 saturated carbocycles. The van der Waals surface area contributed by atoms with E-state index in [-0.39, 0.29) is 11.8 Å².